The molecule has 0 unspecified atom stereocenters. The van der Waals surface area contributed by atoms with Gasteiger partial charge in [-0.2, -0.15) is 13.2 Å². The molecule has 2 aromatic carbocycles. The Morgan fingerprint density at radius 3 is 2.57 bits per heavy atom. The highest BCUT2D eigenvalue weighted by Crippen LogP contribution is 2.34. The van der Waals surface area contributed by atoms with Crippen molar-refractivity contribution in [2.24, 2.45) is 7.05 Å². The van der Waals surface area contributed by atoms with Gasteiger partial charge in [-0.3, -0.25) is 4.79 Å². The molecule has 0 aliphatic heterocycles. The van der Waals surface area contributed by atoms with Gasteiger partial charge in [0.2, 0.25) is 0 Å². The molecule has 0 radical (unpaired) electrons. The molecule has 3 nitrogen and oxygen atoms in total. The fourth-order valence-corrected chi connectivity index (χ4v) is 2.46. The Morgan fingerprint density at radius 1 is 1.09 bits per heavy atom. The summed E-state index contributed by atoms with van der Waals surface area (Å²) in [6.45, 7) is 0. The topological polar surface area (TPSA) is 34.0 Å². The van der Waals surface area contributed by atoms with Crippen LogP contribution in [0, 0.1) is 0 Å². The Labute approximate surface area is 130 Å². The predicted molar refractivity (Wildman–Crippen MR) is 82.3 cm³/mol. The Balaban J connectivity index is 1.92. The van der Waals surface area contributed by atoms with Gasteiger partial charge in [-0.05, 0) is 36.4 Å². The summed E-state index contributed by atoms with van der Waals surface area (Å²) in [7, 11) is 1.88. The number of aryl methyl sites for hydroxylation is 1. The third-order valence-corrected chi connectivity index (χ3v) is 3.63. The SMILES string of the molecule is Cn1ccc2cc(C(=O)Nc3ccccc3C(F)(F)F)ccc21. The van der Waals surface area contributed by atoms with Gasteiger partial charge in [0.15, 0.2) is 0 Å². The number of rotatable bonds is 2. The van der Waals surface area contributed by atoms with E-state index in [2.05, 4.69) is 5.32 Å². The van der Waals surface area contributed by atoms with E-state index in [0.29, 0.717) is 5.56 Å². The normalized spacial score (nSPS) is 11.7. The average Bonchev–Trinajstić information content (AvgIpc) is 2.87. The highest BCUT2D eigenvalue weighted by Gasteiger charge is 2.33. The zero-order valence-corrected chi connectivity index (χ0v) is 12.2. The minimum atomic E-state index is -4.52. The molecule has 1 amide bonds. The number of hydrogen-bond acceptors (Lipinski definition) is 1. The van der Waals surface area contributed by atoms with Crippen LogP contribution in [0.3, 0.4) is 0 Å². The van der Waals surface area contributed by atoms with E-state index >= 15 is 0 Å². The lowest BCUT2D eigenvalue weighted by Crippen LogP contribution is -2.16. The number of para-hydroxylation sites is 1. The lowest BCUT2D eigenvalue weighted by molar-refractivity contribution is -0.136. The summed E-state index contributed by atoms with van der Waals surface area (Å²) in [5, 5.41) is 3.19. The fraction of sp³-hybridized carbons (Fsp3) is 0.118. The monoisotopic (exact) mass is 318 g/mol. The molecule has 1 N–H and O–H groups in total. The molecule has 1 heterocycles. The van der Waals surface area contributed by atoms with Crippen molar-refractivity contribution in [3.05, 3.63) is 65.9 Å². The number of amides is 1. The van der Waals surface area contributed by atoms with Gasteiger partial charge in [-0.25, -0.2) is 0 Å². The fourth-order valence-electron chi connectivity index (χ4n) is 2.46. The van der Waals surface area contributed by atoms with Crippen LogP contribution < -0.4 is 5.32 Å². The number of carbonyl (C=O) groups is 1. The van der Waals surface area contributed by atoms with Gasteiger partial charge in [0, 0.05) is 29.7 Å². The van der Waals surface area contributed by atoms with E-state index in [1.54, 1.807) is 18.2 Å². The molecule has 0 saturated carbocycles. The molecule has 0 aliphatic carbocycles. The molecule has 6 heteroatoms. The van der Waals surface area contributed by atoms with E-state index in [1.165, 1.54) is 18.2 Å². The number of anilines is 1. The van der Waals surface area contributed by atoms with Crippen molar-refractivity contribution < 1.29 is 18.0 Å². The Hall–Kier alpha value is -2.76. The number of aromatic nitrogens is 1. The maximum atomic E-state index is 13.0. The van der Waals surface area contributed by atoms with Gasteiger partial charge in [0.1, 0.15) is 0 Å². The first kappa shape index (κ1) is 15.1. The van der Waals surface area contributed by atoms with Gasteiger partial charge in [-0.1, -0.05) is 12.1 Å². The second-order valence-corrected chi connectivity index (χ2v) is 5.20. The van der Waals surface area contributed by atoms with Crippen LogP contribution in [-0.2, 0) is 13.2 Å². The summed E-state index contributed by atoms with van der Waals surface area (Å²) in [5.74, 6) is -0.576. The molecule has 0 aliphatic rings. The van der Waals surface area contributed by atoms with E-state index in [1.807, 2.05) is 23.9 Å². The van der Waals surface area contributed by atoms with Crippen LogP contribution in [0.2, 0.25) is 0 Å². The van der Waals surface area contributed by atoms with Gasteiger partial charge in [-0.15, -0.1) is 0 Å². The number of nitrogens with one attached hydrogen (secondary N) is 1. The van der Waals surface area contributed by atoms with E-state index in [9.17, 15) is 18.0 Å². The number of hydrogen-bond donors (Lipinski definition) is 1. The molecule has 23 heavy (non-hydrogen) atoms. The van der Waals surface area contributed by atoms with Crippen molar-refractivity contribution in [2.75, 3.05) is 5.32 Å². The quantitative estimate of drug-likeness (QED) is 0.744. The molecule has 3 rings (SSSR count). The van der Waals surface area contributed by atoms with Crippen LogP contribution in [-0.4, -0.2) is 10.5 Å². The van der Waals surface area contributed by atoms with E-state index in [0.717, 1.165) is 17.0 Å². The van der Waals surface area contributed by atoms with Crippen LogP contribution in [0.4, 0.5) is 18.9 Å². The van der Waals surface area contributed by atoms with Crippen molar-refractivity contribution in [2.45, 2.75) is 6.18 Å². The van der Waals surface area contributed by atoms with Crippen molar-refractivity contribution in [1.82, 2.24) is 4.57 Å². The summed E-state index contributed by atoms with van der Waals surface area (Å²) >= 11 is 0. The summed E-state index contributed by atoms with van der Waals surface area (Å²) < 4.78 is 40.8. The van der Waals surface area contributed by atoms with Crippen molar-refractivity contribution in [1.29, 1.82) is 0 Å². The zero-order chi connectivity index (χ0) is 16.6. The average molecular weight is 318 g/mol. The third-order valence-electron chi connectivity index (χ3n) is 3.63. The minimum Gasteiger partial charge on any atom is -0.351 e. The number of halogens is 3. The van der Waals surface area contributed by atoms with Gasteiger partial charge in [0.25, 0.3) is 5.91 Å². The zero-order valence-electron chi connectivity index (χ0n) is 12.2. The maximum absolute atomic E-state index is 13.0. The van der Waals surface area contributed by atoms with E-state index in [-0.39, 0.29) is 5.69 Å². The minimum absolute atomic E-state index is 0.252. The first-order chi connectivity index (χ1) is 10.9. The summed E-state index contributed by atoms with van der Waals surface area (Å²) in [6, 6.07) is 11.8. The van der Waals surface area contributed by atoms with Crippen molar-refractivity contribution >= 4 is 22.5 Å². The van der Waals surface area contributed by atoms with Crippen LogP contribution in [0.25, 0.3) is 10.9 Å². The molecule has 0 bridgehead atoms. The highest BCUT2D eigenvalue weighted by atomic mass is 19.4. The molecule has 0 spiro atoms. The van der Waals surface area contributed by atoms with Crippen LogP contribution >= 0.6 is 0 Å². The Bertz CT molecular complexity index is 881. The standard InChI is InChI=1S/C17H13F3N2O/c1-22-9-8-11-10-12(6-7-15(11)22)16(23)21-14-5-3-2-4-13(14)17(18,19)20/h2-10H,1H3,(H,21,23). The highest BCUT2D eigenvalue weighted by molar-refractivity contribution is 6.06. The first-order valence-electron chi connectivity index (χ1n) is 6.89. The first-order valence-corrected chi connectivity index (χ1v) is 6.89. The number of alkyl halides is 3. The smallest absolute Gasteiger partial charge is 0.351 e. The number of benzene rings is 2. The van der Waals surface area contributed by atoms with Gasteiger partial charge in [0.05, 0.1) is 11.3 Å². The molecule has 0 saturated heterocycles. The lowest BCUT2D eigenvalue weighted by atomic mass is 10.1. The molecular weight excluding hydrogens is 305 g/mol. The van der Waals surface area contributed by atoms with Crippen molar-refractivity contribution in [3.8, 4) is 0 Å². The predicted octanol–water partition coefficient (Wildman–Crippen LogP) is 4.45. The van der Waals surface area contributed by atoms with Crippen LogP contribution in [0.1, 0.15) is 15.9 Å². The molecule has 1 aromatic heterocycles. The largest absolute Gasteiger partial charge is 0.418 e. The van der Waals surface area contributed by atoms with E-state index in [4.69, 9.17) is 0 Å². The lowest BCUT2D eigenvalue weighted by Gasteiger charge is -2.13. The molecular formula is C17H13F3N2O. The summed E-state index contributed by atoms with van der Waals surface area (Å²) in [4.78, 5) is 12.3. The molecule has 118 valence electrons. The molecule has 3 aromatic rings. The van der Waals surface area contributed by atoms with Gasteiger partial charge < -0.3 is 9.88 Å². The second-order valence-electron chi connectivity index (χ2n) is 5.20. The molecule has 0 fully saturated rings. The van der Waals surface area contributed by atoms with Crippen LogP contribution in [0.5, 0.6) is 0 Å². The molecule has 0 atom stereocenters. The summed E-state index contributed by atoms with van der Waals surface area (Å²) in [6.07, 6.45) is -2.67. The number of nitrogens with zero attached hydrogens (tertiary/aromatic N) is 1. The summed E-state index contributed by atoms with van der Waals surface area (Å²) in [5.41, 5.74) is 0.130. The van der Waals surface area contributed by atoms with Gasteiger partial charge >= 0.3 is 6.18 Å². The van der Waals surface area contributed by atoms with E-state index < -0.39 is 17.6 Å². The van der Waals surface area contributed by atoms with Crippen molar-refractivity contribution in [3.63, 3.8) is 0 Å². The number of carbonyl (C=O) groups excluding carboxylic acids is 1. The number of fused-ring (bicyclic) bond motifs is 1. The Kier molecular flexibility index (Phi) is 3.60. The third kappa shape index (κ3) is 2.92. The Morgan fingerprint density at radius 2 is 1.83 bits per heavy atom. The maximum Gasteiger partial charge on any atom is 0.418 e. The second kappa shape index (κ2) is 5.46. The van der Waals surface area contributed by atoms with Crippen LogP contribution in [0.15, 0.2) is 54.7 Å².